The van der Waals surface area contributed by atoms with E-state index in [0.717, 1.165) is 76.0 Å². The fraction of sp³-hybridized carbons (Fsp3) is 0.680. The zero-order valence-corrected chi connectivity index (χ0v) is 23.1. The monoisotopic (exact) mass is 569 g/mol. The number of nitrogens with one attached hydrogen (secondary N) is 1. The van der Waals surface area contributed by atoms with Gasteiger partial charge in [-0.1, -0.05) is 93.1 Å². The summed E-state index contributed by atoms with van der Waals surface area (Å²) in [4.78, 5) is 21.1. The van der Waals surface area contributed by atoms with E-state index in [1.54, 1.807) is 12.1 Å². The van der Waals surface area contributed by atoms with Gasteiger partial charge in [0, 0.05) is 12.2 Å². The molecule has 2 atom stereocenters. The van der Waals surface area contributed by atoms with Gasteiger partial charge in [-0.15, -0.1) is 0 Å². The topological polar surface area (TPSA) is 110 Å². The number of carbonyl (C=O) groups is 2. The Hall–Kier alpha value is -1.58. The zero-order valence-electron chi connectivity index (χ0n) is 20.8. The van der Waals surface area contributed by atoms with Gasteiger partial charge in [-0.05, 0) is 30.5 Å². The van der Waals surface area contributed by atoms with Crippen molar-refractivity contribution in [3.05, 3.63) is 29.8 Å². The van der Waals surface area contributed by atoms with Gasteiger partial charge in [0.25, 0.3) is 5.91 Å². The van der Waals surface area contributed by atoms with Crippen molar-refractivity contribution < 1.29 is 32.2 Å². The lowest BCUT2D eigenvalue weighted by atomic mass is 9.87. The predicted molar refractivity (Wildman–Crippen MR) is 140 cm³/mol. The van der Waals surface area contributed by atoms with Crippen molar-refractivity contribution in [3.63, 3.8) is 0 Å². The van der Waals surface area contributed by atoms with Gasteiger partial charge >= 0.3 is 6.16 Å². The first kappa shape index (κ1) is 32.4. The van der Waals surface area contributed by atoms with Crippen molar-refractivity contribution in [3.8, 4) is 0 Å². The van der Waals surface area contributed by atoms with Gasteiger partial charge in [0.2, 0.25) is 0 Å². The molecule has 206 valence electrons. The molecule has 11 heteroatoms. The van der Waals surface area contributed by atoms with E-state index in [1.165, 1.54) is 12.1 Å². The highest BCUT2D eigenvalue weighted by Gasteiger charge is 2.27. The number of rotatable bonds is 19. The predicted octanol–water partition coefficient (Wildman–Crippen LogP) is 6.42. The SMILES string of the molecule is CS(=O)(=O)c1ccc([C@@H](CCCCCCCCCCCCOC(=O)O)[C@@H](CF)NC(=O)C(Cl)Cl)cc1. The van der Waals surface area contributed by atoms with Crippen LogP contribution in [-0.2, 0) is 19.4 Å². The summed E-state index contributed by atoms with van der Waals surface area (Å²) in [6.07, 6.45) is 10.6. The third kappa shape index (κ3) is 13.7. The molecular weight excluding hydrogens is 532 g/mol. The molecule has 1 aromatic carbocycles. The average Bonchev–Trinajstić information content (AvgIpc) is 2.82. The van der Waals surface area contributed by atoms with Crippen LogP contribution in [0.2, 0.25) is 0 Å². The van der Waals surface area contributed by atoms with Crippen LogP contribution in [0.15, 0.2) is 29.2 Å². The third-order valence-corrected chi connectivity index (χ3v) is 7.57. The van der Waals surface area contributed by atoms with Crippen LogP contribution in [0.4, 0.5) is 9.18 Å². The summed E-state index contributed by atoms with van der Waals surface area (Å²) in [7, 11) is -3.35. The van der Waals surface area contributed by atoms with E-state index < -0.39 is 39.5 Å². The highest BCUT2D eigenvalue weighted by molar-refractivity contribution is 7.90. The molecule has 0 aromatic heterocycles. The molecule has 1 rings (SSSR count). The second-order valence-corrected chi connectivity index (χ2v) is 12.1. The fourth-order valence-corrected chi connectivity index (χ4v) is 4.85. The summed E-state index contributed by atoms with van der Waals surface area (Å²) >= 11 is 11.3. The lowest BCUT2D eigenvalue weighted by Gasteiger charge is -2.27. The Kier molecular flexibility index (Phi) is 16.0. The first-order valence-corrected chi connectivity index (χ1v) is 15.1. The van der Waals surface area contributed by atoms with E-state index in [2.05, 4.69) is 10.1 Å². The molecule has 2 N–H and O–H groups in total. The molecule has 0 bridgehead atoms. The third-order valence-electron chi connectivity index (χ3n) is 6.05. The number of carboxylic acid groups (broad SMARTS) is 1. The number of unbranched alkanes of at least 4 members (excludes halogenated alkanes) is 9. The largest absolute Gasteiger partial charge is 0.505 e. The van der Waals surface area contributed by atoms with E-state index in [9.17, 15) is 22.4 Å². The van der Waals surface area contributed by atoms with Gasteiger partial charge in [-0.25, -0.2) is 17.6 Å². The number of ether oxygens (including phenoxy) is 1. The van der Waals surface area contributed by atoms with Crippen LogP contribution >= 0.6 is 23.2 Å². The summed E-state index contributed by atoms with van der Waals surface area (Å²) in [5.41, 5.74) is 0.750. The van der Waals surface area contributed by atoms with Gasteiger partial charge in [0.15, 0.2) is 14.7 Å². The maximum Gasteiger partial charge on any atom is 0.505 e. The number of hydrogen-bond acceptors (Lipinski definition) is 5. The highest BCUT2D eigenvalue weighted by Crippen LogP contribution is 2.28. The van der Waals surface area contributed by atoms with Gasteiger partial charge in [0.1, 0.15) is 6.67 Å². The summed E-state index contributed by atoms with van der Waals surface area (Å²) < 4.78 is 42.0. The maximum absolute atomic E-state index is 13.9. The molecule has 0 spiro atoms. The molecule has 0 aliphatic heterocycles. The lowest BCUT2D eigenvalue weighted by molar-refractivity contribution is -0.120. The number of benzene rings is 1. The minimum absolute atomic E-state index is 0.181. The van der Waals surface area contributed by atoms with E-state index in [4.69, 9.17) is 28.3 Å². The maximum atomic E-state index is 13.9. The number of sulfone groups is 1. The molecule has 0 aliphatic rings. The Morgan fingerprint density at radius 1 is 0.944 bits per heavy atom. The van der Waals surface area contributed by atoms with E-state index >= 15 is 0 Å². The zero-order chi connectivity index (χ0) is 27.0. The second kappa shape index (κ2) is 17.8. The molecule has 0 saturated carbocycles. The van der Waals surface area contributed by atoms with Crippen LogP contribution in [0.5, 0.6) is 0 Å². The summed E-state index contributed by atoms with van der Waals surface area (Å²) in [6, 6.07) is 5.52. The first-order valence-electron chi connectivity index (χ1n) is 12.4. The molecule has 0 saturated heterocycles. The molecule has 0 radical (unpaired) electrons. The molecule has 36 heavy (non-hydrogen) atoms. The molecule has 0 unspecified atom stereocenters. The Balaban J connectivity index is 2.49. The Morgan fingerprint density at radius 2 is 1.44 bits per heavy atom. The minimum Gasteiger partial charge on any atom is -0.450 e. The van der Waals surface area contributed by atoms with Crippen molar-refractivity contribution in [2.24, 2.45) is 0 Å². The average molecular weight is 571 g/mol. The van der Waals surface area contributed by atoms with Gasteiger partial charge in [-0.2, -0.15) is 0 Å². The van der Waals surface area contributed by atoms with Crippen LogP contribution in [0, 0.1) is 0 Å². The Morgan fingerprint density at radius 3 is 1.89 bits per heavy atom. The number of amides is 1. The highest BCUT2D eigenvalue weighted by atomic mass is 35.5. The second-order valence-electron chi connectivity index (χ2n) is 8.96. The van der Waals surface area contributed by atoms with Gasteiger partial charge in [-0.3, -0.25) is 4.79 Å². The molecule has 0 aliphatic carbocycles. The van der Waals surface area contributed by atoms with Crippen molar-refractivity contribution in [2.75, 3.05) is 19.5 Å². The van der Waals surface area contributed by atoms with Crippen molar-refractivity contribution in [2.45, 2.75) is 92.3 Å². The minimum atomic E-state index is -3.35. The fourth-order valence-electron chi connectivity index (χ4n) is 4.09. The first-order chi connectivity index (χ1) is 17.1. The molecular formula is C25H38Cl2FNO6S. The normalized spacial score (nSPS) is 13.4. The van der Waals surface area contributed by atoms with Crippen molar-refractivity contribution >= 4 is 45.1 Å². The Bertz CT molecular complexity index is 883. The lowest BCUT2D eigenvalue weighted by Crippen LogP contribution is -2.43. The molecule has 1 amide bonds. The van der Waals surface area contributed by atoms with Crippen LogP contribution in [0.1, 0.15) is 82.1 Å². The van der Waals surface area contributed by atoms with Crippen molar-refractivity contribution in [1.29, 1.82) is 0 Å². The quantitative estimate of drug-likeness (QED) is 0.113. The summed E-state index contributed by atoms with van der Waals surface area (Å²) in [5.74, 6) is -1.00. The van der Waals surface area contributed by atoms with E-state index in [-0.39, 0.29) is 17.4 Å². The summed E-state index contributed by atoms with van der Waals surface area (Å²) in [6.45, 7) is -0.545. The van der Waals surface area contributed by atoms with Crippen LogP contribution in [0.3, 0.4) is 0 Å². The molecule has 0 heterocycles. The van der Waals surface area contributed by atoms with Crippen LogP contribution < -0.4 is 5.32 Å². The van der Waals surface area contributed by atoms with Gasteiger partial charge in [0.05, 0.1) is 17.5 Å². The standard InChI is InChI=1S/C25H38Cl2FNO6S/c1-36(33,34)20-15-13-19(14-16-20)21(22(18-28)29-24(30)23(26)27)12-10-8-6-4-2-3-5-7-9-11-17-35-25(31)32/h13-16,21-23H,2-12,17-18H2,1H3,(H,29,30)(H,31,32)/t21-,22-/m1/s1. The number of hydrogen-bond donors (Lipinski definition) is 2. The molecule has 7 nitrogen and oxygen atoms in total. The summed E-state index contributed by atoms with van der Waals surface area (Å²) in [5, 5.41) is 11.0. The number of alkyl halides is 3. The van der Waals surface area contributed by atoms with E-state index in [1.807, 2.05) is 0 Å². The molecule has 1 aromatic rings. The Labute approximate surface area is 224 Å². The van der Waals surface area contributed by atoms with Gasteiger partial charge < -0.3 is 15.2 Å². The van der Waals surface area contributed by atoms with E-state index in [0.29, 0.717) is 6.42 Å². The number of halogens is 3. The van der Waals surface area contributed by atoms with Crippen molar-refractivity contribution in [1.82, 2.24) is 5.32 Å². The smallest absolute Gasteiger partial charge is 0.450 e. The van der Waals surface area contributed by atoms with Crippen LogP contribution in [-0.4, -0.2) is 56.0 Å². The number of carbonyl (C=O) groups excluding carboxylic acids is 1. The molecule has 0 fully saturated rings. The van der Waals surface area contributed by atoms with Crippen LogP contribution in [0.25, 0.3) is 0 Å².